The fraction of sp³-hybridized carbons (Fsp3) is 0.500. The lowest BCUT2D eigenvalue weighted by atomic mass is 10.1. The zero-order chi connectivity index (χ0) is 12.2. The SMILES string of the molecule is CC(C)(SCc1ncccn1)[C@H](N)C(=O)O. The highest BCUT2D eigenvalue weighted by Gasteiger charge is 2.32. The smallest absolute Gasteiger partial charge is 0.321 e. The van der Waals surface area contributed by atoms with Gasteiger partial charge >= 0.3 is 5.97 Å². The van der Waals surface area contributed by atoms with Crippen LogP contribution in [-0.4, -0.2) is 31.8 Å². The fourth-order valence-corrected chi connectivity index (χ4v) is 1.97. The van der Waals surface area contributed by atoms with E-state index in [-0.39, 0.29) is 0 Å². The van der Waals surface area contributed by atoms with Crippen molar-refractivity contribution in [2.24, 2.45) is 5.73 Å². The summed E-state index contributed by atoms with van der Waals surface area (Å²) >= 11 is 1.44. The van der Waals surface area contributed by atoms with Crippen LogP contribution in [0, 0.1) is 0 Å². The Kier molecular flexibility index (Phi) is 4.26. The molecule has 0 radical (unpaired) electrons. The maximum atomic E-state index is 10.8. The van der Waals surface area contributed by atoms with E-state index in [1.807, 2.05) is 0 Å². The van der Waals surface area contributed by atoms with Gasteiger partial charge in [-0.2, -0.15) is 0 Å². The average molecular weight is 241 g/mol. The maximum absolute atomic E-state index is 10.8. The lowest BCUT2D eigenvalue weighted by molar-refractivity contribution is -0.139. The first kappa shape index (κ1) is 12.9. The molecule has 5 nitrogen and oxygen atoms in total. The van der Waals surface area contributed by atoms with E-state index in [9.17, 15) is 4.79 Å². The number of carboxylic acids is 1. The number of nitrogens with zero attached hydrogens (tertiary/aromatic N) is 2. The monoisotopic (exact) mass is 241 g/mol. The van der Waals surface area contributed by atoms with Gasteiger partial charge in [-0.15, -0.1) is 11.8 Å². The summed E-state index contributed by atoms with van der Waals surface area (Å²) in [5, 5.41) is 8.85. The number of hydrogen-bond donors (Lipinski definition) is 2. The van der Waals surface area contributed by atoms with Crippen molar-refractivity contribution in [2.45, 2.75) is 30.4 Å². The zero-order valence-corrected chi connectivity index (χ0v) is 10.1. The van der Waals surface area contributed by atoms with Crippen molar-refractivity contribution in [3.8, 4) is 0 Å². The molecule has 0 aliphatic heterocycles. The van der Waals surface area contributed by atoms with Crippen LogP contribution in [0.2, 0.25) is 0 Å². The Hall–Kier alpha value is -1.14. The van der Waals surface area contributed by atoms with Crippen LogP contribution in [0.4, 0.5) is 0 Å². The van der Waals surface area contributed by atoms with Crippen molar-refractivity contribution >= 4 is 17.7 Å². The van der Waals surface area contributed by atoms with Gasteiger partial charge in [0.2, 0.25) is 0 Å². The van der Waals surface area contributed by atoms with Gasteiger partial charge in [0.25, 0.3) is 0 Å². The number of carbonyl (C=O) groups is 1. The Morgan fingerprint density at radius 2 is 2.12 bits per heavy atom. The van der Waals surface area contributed by atoms with Crippen LogP contribution in [0.15, 0.2) is 18.5 Å². The van der Waals surface area contributed by atoms with Crippen LogP contribution in [0.5, 0.6) is 0 Å². The highest BCUT2D eigenvalue weighted by Crippen LogP contribution is 2.29. The molecule has 3 N–H and O–H groups in total. The molecule has 1 aromatic rings. The number of nitrogens with two attached hydrogens (primary N) is 1. The first-order valence-corrected chi connectivity index (χ1v) is 5.80. The van der Waals surface area contributed by atoms with Gasteiger partial charge in [-0.05, 0) is 19.9 Å². The lowest BCUT2D eigenvalue weighted by Crippen LogP contribution is -2.46. The van der Waals surface area contributed by atoms with Crippen molar-refractivity contribution in [1.82, 2.24) is 9.97 Å². The predicted molar refractivity (Wildman–Crippen MR) is 63.0 cm³/mol. The number of rotatable bonds is 5. The largest absolute Gasteiger partial charge is 0.480 e. The second-order valence-corrected chi connectivity index (χ2v) is 5.50. The summed E-state index contributed by atoms with van der Waals surface area (Å²) in [5.74, 6) is 0.235. The minimum Gasteiger partial charge on any atom is -0.480 e. The molecule has 0 saturated carbocycles. The van der Waals surface area contributed by atoms with Gasteiger partial charge in [-0.1, -0.05) is 0 Å². The molecule has 0 aliphatic carbocycles. The topological polar surface area (TPSA) is 89.1 Å². The summed E-state index contributed by atoms with van der Waals surface area (Å²) in [6.45, 7) is 3.61. The molecule has 0 bridgehead atoms. The summed E-state index contributed by atoms with van der Waals surface area (Å²) in [7, 11) is 0. The van der Waals surface area contributed by atoms with E-state index in [1.165, 1.54) is 11.8 Å². The number of hydrogen-bond acceptors (Lipinski definition) is 5. The first-order valence-electron chi connectivity index (χ1n) is 4.82. The Bertz CT molecular complexity index is 356. The van der Waals surface area contributed by atoms with Gasteiger partial charge in [0.15, 0.2) is 0 Å². The van der Waals surface area contributed by atoms with Crippen LogP contribution in [0.3, 0.4) is 0 Å². The molecule has 0 aliphatic rings. The van der Waals surface area contributed by atoms with Gasteiger partial charge in [0, 0.05) is 17.1 Å². The second-order valence-electron chi connectivity index (χ2n) is 3.87. The van der Waals surface area contributed by atoms with E-state index >= 15 is 0 Å². The molecule has 0 unspecified atom stereocenters. The molecule has 88 valence electrons. The number of aliphatic carboxylic acids is 1. The zero-order valence-electron chi connectivity index (χ0n) is 9.25. The second kappa shape index (κ2) is 5.27. The van der Waals surface area contributed by atoms with E-state index in [2.05, 4.69) is 9.97 Å². The minimum absolute atomic E-state index is 0.550. The van der Waals surface area contributed by atoms with E-state index in [0.29, 0.717) is 11.6 Å². The van der Waals surface area contributed by atoms with Gasteiger partial charge in [0.1, 0.15) is 11.9 Å². The Balaban J connectivity index is 2.57. The molecule has 1 atom stereocenters. The van der Waals surface area contributed by atoms with Crippen LogP contribution >= 0.6 is 11.8 Å². The molecule has 1 aromatic heterocycles. The highest BCUT2D eigenvalue weighted by molar-refractivity contribution is 7.99. The fourth-order valence-electron chi connectivity index (χ4n) is 1.04. The molecule has 0 fully saturated rings. The number of thioether (sulfide) groups is 1. The van der Waals surface area contributed by atoms with Gasteiger partial charge in [-0.3, -0.25) is 4.79 Å². The molecule has 0 aromatic carbocycles. The molecule has 1 heterocycles. The van der Waals surface area contributed by atoms with Gasteiger partial charge in [-0.25, -0.2) is 9.97 Å². The standard InChI is InChI=1S/C10H15N3O2S/c1-10(2,8(11)9(14)15)16-6-7-12-4-3-5-13-7/h3-5,8H,6,11H2,1-2H3,(H,14,15)/t8-/m1/s1. The van der Waals surface area contributed by atoms with Crippen LogP contribution in [-0.2, 0) is 10.5 Å². The molecule has 0 amide bonds. The summed E-state index contributed by atoms with van der Waals surface area (Å²) < 4.78 is -0.551. The summed E-state index contributed by atoms with van der Waals surface area (Å²) in [5.41, 5.74) is 5.60. The van der Waals surface area contributed by atoms with Crippen molar-refractivity contribution in [1.29, 1.82) is 0 Å². The van der Waals surface area contributed by atoms with E-state index < -0.39 is 16.8 Å². The number of carboxylic acid groups (broad SMARTS) is 1. The third-order valence-electron chi connectivity index (χ3n) is 2.21. The van der Waals surface area contributed by atoms with Crippen molar-refractivity contribution in [3.05, 3.63) is 24.3 Å². The quantitative estimate of drug-likeness (QED) is 0.796. The van der Waals surface area contributed by atoms with Crippen LogP contribution < -0.4 is 5.73 Å². The Labute approximate surface area is 98.5 Å². The van der Waals surface area contributed by atoms with Crippen LogP contribution in [0.25, 0.3) is 0 Å². The van der Waals surface area contributed by atoms with Crippen molar-refractivity contribution in [3.63, 3.8) is 0 Å². The molecule has 6 heteroatoms. The highest BCUT2D eigenvalue weighted by atomic mass is 32.2. The molecule has 0 spiro atoms. The van der Waals surface area contributed by atoms with E-state index in [0.717, 1.165) is 0 Å². The lowest BCUT2D eigenvalue weighted by Gasteiger charge is -2.27. The van der Waals surface area contributed by atoms with Gasteiger partial charge in [0.05, 0.1) is 5.75 Å². The molecule has 1 rings (SSSR count). The summed E-state index contributed by atoms with van der Waals surface area (Å²) in [4.78, 5) is 18.9. The maximum Gasteiger partial charge on any atom is 0.321 e. The molecular formula is C10H15N3O2S. The minimum atomic E-state index is -0.994. The normalized spacial score (nSPS) is 13.4. The third-order valence-corrected chi connectivity index (χ3v) is 3.61. The third kappa shape index (κ3) is 3.46. The van der Waals surface area contributed by atoms with Crippen molar-refractivity contribution < 1.29 is 9.90 Å². The number of aromatic nitrogens is 2. The average Bonchev–Trinajstić information content (AvgIpc) is 2.27. The van der Waals surface area contributed by atoms with E-state index in [4.69, 9.17) is 10.8 Å². The first-order chi connectivity index (χ1) is 7.43. The Morgan fingerprint density at radius 1 is 1.56 bits per heavy atom. The summed E-state index contributed by atoms with van der Waals surface area (Å²) in [6, 6.07) is 0.837. The van der Waals surface area contributed by atoms with Crippen molar-refractivity contribution in [2.75, 3.05) is 0 Å². The van der Waals surface area contributed by atoms with Gasteiger partial charge < -0.3 is 10.8 Å². The van der Waals surface area contributed by atoms with Crippen LogP contribution in [0.1, 0.15) is 19.7 Å². The predicted octanol–water partition coefficient (Wildman–Crippen LogP) is 0.900. The van der Waals surface area contributed by atoms with E-state index in [1.54, 1.807) is 32.3 Å². The summed E-state index contributed by atoms with van der Waals surface area (Å²) in [6.07, 6.45) is 3.32. The molecular weight excluding hydrogens is 226 g/mol. The Morgan fingerprint density at radius 3 is 2.62 bits per heavy atom. The molecule has 16 heavy (non-hydrogen) atoms. The molecule has 0 saturated heterocycles.